The van der Waals surface area contributed by atoms with Gasteiger partial charge in [0.05, 0.1) is 12.0 Å². The smallest absolute Gasteiger partial charge is 0.355 e. The quantitative estimate of drug-likeness (QED) is 0.0707. The van der Waals surface area contributed by atoms with E-state index in [4.69, 9.17) is 25.0 Å². The molecule has 4 heterocycles. The highest BCUT2D eigenvalue weighted by Gasteiger charge is 2.56. The average molecular weight is 752 g/mol. The fourth-order valence-electron chi connectivity index (χ4n) is 7.17. The summed E-state index contributed by atoms with van der Waals surface area (Å²) in [6, 6.07) is 29.1. The number of thiazole rings is 1. The van der Waals surface area contributed by atoms with E-state index in [0.29, 0.717) is 24.0 Å². The number of carbonyl (C=O) groups excluding carboxylic acids is 3. The molecule has 3 aliphatic rings. The van der Waals surface area contributed by atoms with E-state index in [2.05, 4.69) is 46.9 Å². The van der Waals surface area contributed by atoms with Crippen molar-refractivity contribution in [3.05, 3.63) is 130 Å². The molecular weight excluding hydrogens is 711 g/mol. The number of fused-ring (bicyclic) bond motifs is 1. The van der Waals surface area contributed by atoms with Crippen molar-refractivity contribution in [1.29, 1.82) is 0 Å². The van der Waals surface area contributed by atoms with Gasteiger partial charge >= 0.3 is 5.97 Å². The number of benzene rings is 3. The molecule has 11 nitrogen and oxygen atoms in total. The first-order chi connectivity index (χ1) is 25.5. The molecule has 0 bridgehead atoms. The minimum absolute atomic E-state index is 0.00413. The molecule has 3 N–H and O–H groups in total. The highest BCUT2D eigenvalue weighted by atomic mass is 32.2. The minimum Gasteiger partial charge on any atom is -0.455 e. The number of nitrogen functional groups attached to an aromatic ring is 1. The Balaban J connectivity index is 1.23. The lowest BCUT2D eigenvalue weighted by Gasteiger charge is -2.50. The van der Waals surface area contributed by atoms with E-state index in [9.17, 15) is 14.4 Å². The van der Waals surface area contributed by atoms with Crippen LogP contribution in [0.3, 0.4) is 0 Å². The van der Waals surface area contributed by atoms with E-state index >= 15 is 0 Å². The number of oxime groups is 1. The zero-order chi connectivity index (χ0) is 37.3. The largest absolute Gasteiger partial charge is 0.455 e. The zero-order valence-corrected chi connectivity index (χ0v) is 31.5. The molecule has 274 valence electrons. The van der Waals surface area contributed by atoms with Crippen LogP contribution in [0, 0.1) is 5.92 Å². The lowest BCUT2D eigenvalue weighted by Crippen LogP contribution is -2.71. The maximum absolute atomic E-state index is 14.1. The van der Waals surface area contributed by atoms with Crippen molar-refractivity contribution < 1.29 is 28.7 Å². The number of thioether (sulfide) groups is 1. The number of ether oxygens (including phenoxy) is 2. The summed E-state index contributed by atoms with van der Waals surface area (Å²) in [6.07, 6.45) is 0.753. The van der Waals surface area contributed by atoms with Crippen LogP contribution >= 0.6 is 23.1 Å². The van der Waals surface area contributed by atoms with Crippen molar-refractivity contribution in [2.45, 2.75) is 49.6 Å². The van der Waals surface area contributed by atoms with Gasteiger partial charge in [0.15, 0.2) is 5.71 Å². The van der Waals surface area contributed by atoms with Crippen molar-refractivity contribution in [3.63, 3.8) is 0 Å². The Bertz CT molecular complexity index is 1960. The van der Waals surface area contributed by atoms with Gasteiger partial charge in [0.25, 0.3) is 11.8 Å². The SMILES string of the molecule is CO/N=C(\C(=O)N[C@@H]1C(=O)N2C(C(=O)OC(C)(C)C)=C(C3CCOC3)CS[C@H]12)c1nc(C(c2ccccc2)(c2ccccc2)c2ccccc2)sc1N. The molecule has 2 amide bonds. The molecule has 0 radical (unpaired) electrons. The monoisotopic (exact) mass is 751 g/mol. The molecule has 3 aromatic carbocycles. The number of β-lactam (4-membered cyclic amide) rings is 1. The number of hydrogen-bond donors (Lipinski definition) is 2. The van der Waals surface area contributed by atoms with Gasteiger partial charge in [0.2, 0.25) is 0 Å². The molecule has 1 unspecified atom stereocenters. The van der Waals surface area contributed by atoms with Gasteiger partial charge in [0, 0.05) is 18.3 Å². The Morgan fingerprint density at radius 1 is 0.962 bits per heavy atom. The zero-order valence-electron chi connectivity index (χ0n) is 29.9. The van der Waals surface area contributed by atoms with Crippen LogP contribution in [-0.4, -0.2) is 76.5 Å². The highest BCUT2D eigenvalue weighted by Crippen LogP contribution is 2.48. The van der Waals surface area contributed by atoms with E-state index in [1.54, 1.807) is 20.8 Å². The van der Waals surface area contributed by atoms with Crippen LogP contribution < -0.4 is 11.1 Å². The Morgan fingerprint density at radius 3 is 2.06 bits per heavy atom. The van der Waals surface area contributed by atoms with E-state index in [1.807, 2.05) is 54.6 Å². The fourth-order valence-corrected chi connectivity index (χ4v) is 9.72. The number of amides is 2. The highest BCUT2D eigenvalue weighted by molar-refractivity contribution is 8.00. The molecule has 4 aromatic rings. The fraction of sp³-hybridized carbons (Fsp3) is 0.325. The van der Waals surface area contributed by atoms with Gasteiger partial charge in [-0.05, 0) is 49.5 Å². The van der Waals surface area contributed by atoms with Crippen LogP contribution in [0.5, 0.6) is 0 Å². The Labute approximate surface area is 316 Å². The minimum atomic E-state index is -0.940. The molecule has 13 heteroatoms. The second kappa shape index (κ2) is 14.8. The van der Waals surface area contributed by atoms with Crippen LogP contribution in [0.4, 0.5) is 5.00 Å². The topological polar surface area (TPSA) is 145 Å². The molecule has 0 aliphatic carbocycles. The third-order valence-electron chi connectivity index (χ3n) is 9.52. The Morgan fingerprint density at radius 2 is 1.55 bits per heavy atom. The van der Waals surface area contributed by atoms with Crippen molar-refractivity contribution in [3.8, 4) is 0 Å². The number of hydrogen-bond acceptors (Lipinski definition) is 11. The van der Waals surface area contributed by atoms with Gasteiger partial charge in [0.1, 0.15) is 45.5 Å². The third kappa shape index (κ3) is 6.73. The number of nitrogens with zero attached hydrogens (tertiary/aromatic N) is 3. The third-order valence-corrected chi connectivity index (χ3v) is 11.8. The average Bonchev–Trinajstić information content (AvgIpc) is 3.83. The molecule has 1 aromatic heterocycles. The Kier molecular flexibility index (Phi) is 10.2. The van der Waals surface area contributed by atoms with Crippen LogP contribution in [0.25, 0.3) is 0 Å². The van der Waals surface area contributed by atoms with Crippen molar-refractivity contribution in [2.24, 2.45) is 11.1 Å². The van der Waals surface area contributed by atoms with Crippen molar-refractivity contribution in [1.82, 2.24) is 15.2 Å². The van der Waals surface area contributed by atoms with Crippen molar-refractivity contribution >= 4 is 51.6 Å². The molecular formula is C40H41N5O6S2. The number of carbonyl (C=O) groups is 3. The number of nitrogens with one attached hydrogen (secondary N) is 1. The lowest BCUT2D eigenvalue weighted by molar-refractivity contribution is -0.158. The van der Waals surface area contributed by atoms with Gasteiger partial charge in [-0.25, -0.2) is 9.78 Å². The predicted molar refractivity (Wildman–Crippen MR) is 205 cm³/mol. The van der Waals surface area contributed by atoms with Crippen LogP contribution in [0.15, 0.2) is 107 Å². The summed E-state index contributed by atoms with van der Waals surface area (Å²) < 4.78 is 11.4. The van der Waals surface area contributed by atoms with E-state index in [1.165, 1.54) is 35.1 Å². The molecule has 3 atom stereocenters. The molecule has 53 heavy (non-hydrogen) atoms. The Hall–Kier alpha value is -4.98. The van der Waals surface area contributed by atoms with Gasteiger partial charge < -0.3 is 25.4 Å². The van der Waals surface area contributed by atoms with E-state index in [-0.39, 0.29) is 28.0 Å². The lowest BCUT2D eigenvalue weighted by atomic mass is 9.70. The summed E-state index contributed by atoms with van der Waals surface area (Å²) in [4.78, 5) is 53.3. The van der Waals surface area contributed by atoms with Gasteiger partial charge in [-0.1, -0.05) is 107 Å². The normalized spacial score (nSPS) is 20.5. The number of aromatic nitrogens is 1. The molecule has 2 fully saturated rings. The standard InChI is InChI=1S/C40H41N5O6S2/c1-39(2,3)51-37(48)32-28(24-20-21-50-22-24)23-52-36-31(35(47)45(32)36)42-34(46)30(44-49-4)29-33(41)53-38(43-29)40(25-14-8-5-9-15-25,26-16-10-6-11-17-26)27-18-12-7-13-19-27/h5-19,24,31,36H,20-23,41H2,1-4H3,(H,42,46)/b44-30-/t24?,31-,36-/m1/s1. The molecule has 0 spiro atoms. The molecule has 3 aliphatic heterocycles. The van der Waals surface area contributed by atoms with Crippen LogP contribution in [0.2, 0.25) is 0 Å². The van der Waals surface area contributed by atoms with Crippen LogP contribution in [-0.2, 0) is 34.1 Å². The summed E-state index contributed by atoms with van der Waals surface area (Å²) in [5.41, 5.74) is 8.97. The first-order valence-corrected chi connectivity index (χ1v) is 19.3. The summed E-state index contributed by atoms with van der Waals surface area (Å²) in [7, 11) is 1.33. The van der Waals surface area contributed by atoms with E-state index in [0.717, 1.165) is 28.7 Å². The van der Waals surface area contributed by atoms with Gasteiger partial charge in [-0.2, -0.15) is 0 Å². The summed E-state index contributed by atoms with van der Waals surface area (Å²) in [6.45, 7) is 6.42. The number of rotatable bonds is 10. The van der Waals surface area contributed by atoms with Gasteiger partial charge in [-0.15, -0.1) is 11.8 Å². The number of nitrogens with two attached hydrogens (primary N) is 1. The van der Waals surface area contributed by atoms with Gasteiger partial charge in [-0.3, -0.25) is 14.5 Å². The summed E-state index contributed by atoms with van der Waals surface area (Å²) in [5, 5.41) is 7.30. The van der Waals surface area contributed by atoms with Crippen molar-refractivity contribution in [2.75, 3.05) is 31.8 Å². The second-order valence-corrected chi connectivity index (χ2v) is 16.1. The maximum Gasteiger partial charge on any atom is 0.355 e. The summed E-state index contributed by atoms with van der Waals surface area (Å²) in [5.74, 6) is -1.18. The molecule has 7 rings (SSSR count). The first-order valence-electron chi connectivity index (χ1n) is 17.4. The maximum atomic E-state index is 14.1. The first kappa shape index (κ1) is 36.4. The number of esters is 1. The summed E-state index contributed by atoms with van der Waals surface area (Å²) >= 11 is 2.74. The van der Waals surface area contributed by atoms with E-state index < -0.39 is 40.2 Å². The number of anilines is 1. The molecule has 0 saturated carbocycles. The second-order valence-electron chi connectivity index (χ2n) is 14.0. The van der Waals surface area contributed by atoms with Crippen LogP contribution in [0.1, 0.15) is 54.6 Å². The molecule has 2 saturated heterocycles. The predicted octanol–water partition coefficient (Wildman–Crippen LogP) is 5.49.